The van der Waals surface area contributed by atoms with Crippen molar-refractivity contribution in [3.8, 4) is 0 Å². The fraction of sp³-hybridized carbons (Fsp3) is 0.914. The van der Waals surface area contributed by atoms with E-state index in [-0.39, 0.29) is 0 Å². The molecule has 40 atom stereocenters. The van der Waals surface area contributed by atoms with Crippen LogP contribution >= 0.6 is 0 Å². The van der Waals surface area contributed by atoms with Crippen molar-refractivity contribution in [3.63, 3.8) is 0 Å². The third-order valence-corrected chi connectivity index (χ3v) is 18.7. The highest BCUT2D eigenvalue weighted by Gasteiger charge is 2.61. The molecule has 8 heterocycles. The molecule has 600 valence electrons. The predicted octanol–water partition coefficient (Wildman–Crippen LogP) is -17.7. The quantitative estimate of drug-likeness (QED) is 0.0363. The first kappa shape index (κ1) is 85.5. The summed E-state index contributed by atoms with van der Waals surface area (Å²) in [6, 6.07) is -9.14. The van der Waals surface area contributed by atoms with Gasteiger partial charge in [0, 0.05) is 34.6 Å². The lowest BCUT2D eigenvalue weighted by Gasteiger charge is -2.52. The maximum atomic E-state index is 13.2. The van der Waals surface area contributed by atoms with Crippen LogP contribution in [0.3, 0.4) is 0 Å². The van der Waals surface area contributed by atoms with Crippen molar-refractivity contribution in [2.45, 2.75) is 280 Å². The van der Waals surface area contributed by atoms with Crippen LogP contribution in [0.15, 0.2) is 0 Å². The largest absolute Gasteiger partial charge is 0.394 e. The Morgan fingerprint density at radius 2 is 0.452 bits per heavy atom. The highest BCUT2D eigenvalue weighted by Crippen LogP contribution is 2.39. The average molecular weight is 1520 g/mol. The van der Waals surface area contributed by atoms with E-state index in [9.17, 15) is 131 Å². The molecular formula is C58H97N5O41. The highest BCUT2D eigenvalue weighted by molar-refractivity contribution is 5.75. The summed E-state index contributed by atoms with van der Waals surface area (Å²) < 4.78 is 88.5. The second-order valence-electron chi connectivity index (χ2n) is 26.0. The Morgan fingerprint density at radius 3 is 0.779 bits per heavy atom. The van der Waals surface area contributed by atoms with Gasteiger partial charge in [0.05, 0.1) is 52.9 Å². The molecule has 8 aliphatic rings. The zero-order valence-electron chi connectivity index (χ0n) is 56.3. The number of carbonyl (C=O) groups is 5. The van der Waals surface area contributed by atoms with Crippen molar-refractivity contribution < 1.29 is 202 Å². The molecule has 8 rings (SSSR count). The minimum Gasteiger partial charge on any atom is -0.394 e. The number of aliphatic hydroxyl groups is 21. The smallest absolute Gasteiger partial charge is 0.217 e. The molecule has 26 N–H and O–H groups in total. The van der Waals surface area contributed by atoms with Gasteiger partial charge in [-0.2, -0.15) is 0 Å². The topological polar surface area (TPSA) is 709 Å². The van der Waals surface area contributed by atoms with Gasteiger partial charge < -0.3 is 205 Å². The molecule has 104 heavy (non-hydrogen) atoms. The van der Waals surface area contributed by atoms with Crippen molar-refractivity contribution in [1.82, 2.24) is 26.6 Å². The van der Waals surface area contributed by atoms with E-state index in [0.29, 0.717) is 0 Å². The normalized spacial score (nSPS) is 47.2. The predicted molar refractivity (Wildman–Crippen MR) is 322 cm³/mol. The van der Waals surface area contributed by atoms with Crippen LogP contribution in [-0.2, 0) is 95.0 Å². The molecule has 5 amide bonds. The lowest BCUT2D eigenvalue weighted by Crippen LogP contribution is -2.72. The molecular weight excluding hydrogens is 1420 g/mol. The lowest BCUT2D eigenvalue weighted by molar-refractivity contribution is -0.383. The molecule has 0 spiro atoms. The summed E-state index contributed by atoms with van der Waals surface area (Å²) in [5, 5.41) is 243. The third-order valence-electron chi connectivity index (χ3n) is 18.7. The van der Waals surface area contributed by atoms with Gasteiger partial charge in [-0.15, -0.1) is 0 Å². The molecule has 0 aliphatic carbocycles. The first-order valence-electron chi connectivity index (χ1n) is 33.1. The molecule has 8 saturated heterocycles. The van der Waals surface area contributed by atoms with Crippen LogP contribution in [0, 0.1) is 0 Å². The average Bonchev–Trinajstić information content (AvgIpc) is 0.773. The third kappa shape index (κ3) is 19.0. The summed E-state index contributed by atoms with van der Waals surface area (Å²) in [6.07, 6.45) is -69.1. The summed E-state index contributed by atoms with van der Waals surface area (Å²) in [5.74, 6) is -4.45. The molecule has 0 unspecified atom stereocenters. The molecule has 0 aromatic heterocycles. The van der Waals surface area contributed by atoms with E-state index in [2.05, 4.69) is 26.6 Å². The Balaban J connectivity index is 1.03. The number of hydrogen-bond acceptors (Lipinski definition) is 41. The Labute approximate surface area is 589 Å². The van der Waals surface area contributed by atoms with E-state index in [1.807, 2.05) is 0 Å². The lowest BCUT2D eigenvalue weighted by atomic mass is 9.93. The molecule has 8 aliphatic heterocycles. The van der Waals surface area contributed by atoms with Gasteiger partial charge >= 0.3 is 0 Å². The van der Waals surface area contributed by atoms with Crippen LogP contribution in [0.1, 0.15) is 34.6 Å². The number of rotatable bonds is 27. The first-order valence-corrected chi connectivity index (χ1v) is 33.1. The molecule has 0 aromatic carbocycles. The number of aliphatic hydroxyl groups excluding tert-OH is 21. The Bertz CT molecular complexity index is 2770. The second-order valence-corrected chi connectivity index (χ2v) is 26.0. The van der Waals surface area contributed by atoms with E-state index in [4.69, 9.17) is 71.1 Å². The fourth-order valence-electron chi connectivity index (χ4n) is 13.5. The maximum absolute atomic E-state index is 13.2. The minimum atomic E-state index is -2.36. The first-order chi connectivity index (χ1) is 49.2. The fourth-order valence-corrected chi connectivity index (χ4v) is 13.5. The van der Waals surface area contributed by atoms with Crippen molar-refractivity contribution in [2.75, 3.05) is 52.9 Å². The molecule has 0 aromatic rings. The summed E-state index contributed by atoms with van der Waals surface area (Å²) in [6.45, 7) is -3.53. The van der Waals surface area contributed by atoms with Gasteiger partial charge in [0.15, 0.2) is 50.3 Å². The molecule has 46 nitrogen and oxygen atoms in total. The van der Waals surface area contributed by atoms with E-state index in [0.717, 1.165) is 34.6 Å². The number of nitrogens with one attached hydrogen (secondary N) is 5. The zero-order chi connectivity index (χ0) is 76.8. The minimum absolute atomic E-state index is 0.788. The van der Waals surface area contributed by atoms with Crippen LogP contribution in [0.5, 0.6) is 0 Å². The van der Waals surface area contributed by atoms with Gasteiger partial charge in [0.2, 0.25) is 29.5 Å². The van der Waals surface area contributed by atoms with Crippen molar-refractivity contribution in [1.29, 1.82) is 0 Å². The van der Waals surface area contributed by atoms with Crippen LogP contribution in [-0.4, -0.2) is 435 Å². The van der Waals surface area contributed by atoms with E-state index in [1.54, 1.807) is 0 Å². The summed E-state index contributed by atoms with van der Waals surface area (Å²) in [4.78, 5) is 64.3. The number of carbonyl (C=O) groups excluding carboxylic acids is 5. The summed E-state index contributed by atoms with van der Waals surface area (Å²) >= 11 is 0. The monoisotopic (exact) mass is 1520 g/mol. The van der Waals surface area contributed by atoms with E-state index >= 15 is 0 Å². The standard InChI is InChI=1S/C58H97N5O41/c1-14(72)59-27-37(82)32(77)19(6-64)91-52(27)101-47-30(62-17(4)75)56(93-20(7-65)33(47)78)104-50-36(81)23(10-68)95-58(43(50)88)102-48-31(63-18(5)76)55(92-21(8-66)34(48)79)99-45-26(13-71)96-53(28(38(45)83)60-15(2)73)98-44-25(12-70)97-54(29(39(44)84)61-16(3)74)103-49-35(80)22(9-67)94-57(42(49)87)100-46-24(11-69)90-51(89)41(86)40(46)85/h19-58,64-71,77-89H,6-13H2,1-5H3,(H,59,72)(H,60,73)(H,61,74)(H,62,75)(H,63,76)/t19-,20-,21-,22-,23-,24-,25-,26-,27-,28-,29-,30-,31-,32+,33-,34+,35-,36+,37-,38-,39-,40-,41-,42+,43-,44-,45+,46-,47-,48-,49+,50+,51-,52+,53+,54+,55-,56+,57+,58+/m1/s1. The molecule has 46 heteroatoms. The van der Waals surface area contributed by atoms with Crippen molar-refractivity contribution >= 4 is 29.5 Å². The Kier molecular flexibility index (Phi) is 30.9. The van der Waals surface area contributed by atoms with Gasteiger partial charge in [-0.05, 0) is 0 Å². The van der Waals surface area contributed by atoms with Gasteiger partial charge in [0.1, 0.15) is 195 Å². The van der Waals surface area contributed by atoms with Crippen molar-refractivity contribution in [3.05, 3.63) is 0 Å². The van der Waals surface area contributed by atoms with Gasteiger partial charge in [0.25, 0.3) is 0 Å². The zero-order valence-corrected chi connectivity index (χ0v) is 56.3. The molecule has 0 saturated carbocycles. The Morgan fingerprint density at radius 1 is 0.231 bits per heavy atom. The van der Waals surface area contributed by atoms with E-state index in [1.165, 1.54) is 0 Å². The van der Waals surface area contributed by atoms with Crippen LogP contribution in [0.2, 0.25) is 0 Å². The van der Waals surface area contributed by atoms with Gasteiger partial charge in [-0.1, -0.05) is 0 Å². The Hall–Kier alpha value is -4.09. The molecule has 8 fully saturated rings. The van der Waals surface area contributed by atoms with Crippen LogP contribution in [0.4, 0.5) is 0 Å². The molecule has 0 bridgehead atoms. The molecule has 0 radical (unpaired) electrons. The second kappa shape index (κ2) is 37.5. The number of amides is 5. The SMILES string of the molecule is CC(=O)N[C@H]1[C@H](O[C@H]2[C@H](O)[C@@H](NC(C)=O)[C@H](O[C@@H]3[C@H](O)[C@H](O[C@H]4[C@H](O)[C@@H](O)[C@H](O)O[C@@H]4CO)O[C@H](CO)[C@H]3O)O[C@@H]2CO)O[C@H](CO)[C@H](O[C@H]2O[C@H](CO)[C@H](O)[C@H](O[C@@H]3O[C@H](CO)[C@H](O)[C@H](O[C@@H]4O[C@H](CO)[C@@H](O)[C@H](O[C@@H]5O[C@H](CO)[C@H](O)[C@H](O)[C@H]5NC(C)=O)[C@H]4NC(C)=O)[C@H]3O)[C@H]2NC(C)=O)[C@@H]1O. The van der Waals surface area contributed by atoms with Crippen molar-refractivity contribution in [2.24, 2.45) is 0 Å². The summed E-state index contributed by atoms with van der Waals surface area (Å²) in [7, 11) is 0. The van der Waals surface area contributed by atoms with Crippen LogP contribution < -0.4 is 26.6 Å². The summed E-state index contributed by atoms with van der Waals surface area (Å²) in [5.41, 5.74) is 0. The highest BCUT2D eigenvalue weighted by atomic mass is 16.8. The van der Waals surface area contributed by atoms with Crippen LogP contribution in [0.25, 0.3) is 0 Å². The number of hydrogen-bond donors (Lipinski definition) is 26. The van der Waals surface area contributed by atoms with Gasteiger partial charge in [-0.3, -0.25) is 24.0 Å². The maximum Gasteiger partial charge on any atom is 0.217 e. The van der Waals surface area contributed by atoms with Gasteiger partial charge in [-0.25, -0.2) is 0 Å². The van der Waals surface area contributed by atoms with E-state index < -0.39 is 328 Å². The number of ether oxygens (including phenoxy) is 15.